The van der Waals surface area contributed by atoms with E-state index in [1.54, 1.807) is 6.20 Å². The maximum atomic E-state index is 4.51. The van der Waals surface area contributed by atoms with Crippen LogP contribution in [0, 0.1) is 0 Å². The smallest absolute Gasteiger partial charge is 0.191 e. The first kappa shape index (κ1) is 13.5. The highest BCUT2D eigenvalue weighted by Crippen LogP contribution is 1.89. The Balaban J connectivity index is 2.40. The molecule has 1 unspecified atom stereocenters. The molecule has 5 nitrogen and oxygen atoms in total. The average Bonchev–Trinajstić information content (AvgIpc) is 2.82. The molecule has 1 rings (SSSR count). The normalized spacial score (nSPS) is 13.5. The van der Waals surface area contributed by atoms with Crippen molar-refractivity contribution in [1.82, 2.24) is 20.4 Å². The summed E-state index contributed by atoms with van der Waals surface area (Å²) in [6.45, 7) is 8.80. The summed E-state index contributed by atoms with van der Waals surface area (Å²) in [5.41, 5.74) is 0. The van der Waals surface area contributed by atoms with Gasteiger partial charge in [-0.3, -0.25) is 9.67 Å². The molecule has 2 N–H and O–H groups in total. The Morgan fingerprint density at radius 2 is 2.29 bits per heavy atom. The van der Waals surface area contributed by atoms with Crippen molar-refractivity contribution in [2.45, 2.75) is 39.8 Å². The van der Waals surface area contributed by atoms with Gasteiger partial charge in [0.25, 0.3) is 0 Å². The Labute approximate surface area is 103 Å². The number of guanidine groups is 1. The van der Waals surface area contributed by atoms with Crippen LogP contribution < -0.4 is 10.6 Å². The van der Waals surface area contributed by atoms with Crippen LogP contribution in [0.2, 0.25) is 0 Å². The van der Waals surface area contributed by atoms with E-state index in [0.717, 1.165) is 32.0 Å². The standard InChI is InChI=1S/C12H23N5/c1-4-11(3)16-12(13-5-2)14-8-10-17-9-6-7-15-17/h6-7,9,11H,4-5,8,10H2,1-3H3,(H2,13,14,16). The van der Waals surface area contributed by atoms with Crippen molar-refractivity contribution in [1.29, 1.82) is 0 Å². The van der Waals surface area contributed by atoms with Gasteiger partial charge in [-0.05, 0) is 26.3 Å². The summed E-state index contributed by atoms with van der Waals surface area (Å²) in [4.78, 5) is 4.51. The van der Waals surface area contributed by atoms with Gasteiger partial charge in [-0.25, -0.2) is 0 Å². The summed E-state index contributed by atoms with van der Waals surface area (Å²) in [5.74, 6) is 0.883. The number of aromatic nitrogens is 2. The van der Waals surface area contributed by atoms with Crippen molar-refractivity contribution in [3.8, 4) is 0 Å². The second-order valence-electron chi connectivity index (χ2n) is 3.98. The molecule has 0 aliphatic rings. The summed E-state index contributed by atoms with van der Waals surface area (Å²) >= 11 is 0. The zero-order valence-corrected chi connectivity index (χ0v) is 11.0. The lowest BCUT2D eigenvalue weighted by molar-refractivity contribution is 0.605. The minimum atomic E-state index is 0.442. The molecule has 0 amide bonds. The van der Waals surface area contributed by atoms with E-state index in [1.807, 2.05) is 16.9 Å². The molecule has 1 aromatic rings. The molecule has 17 heavy (non-hydrogen) atoms. The number of hydrogen-bond donors (Lipinski definition) is 2. The maximum absolute atomic E-state index is 4.51. The first-order valence-electron chi connectivity index (χ1n) is 6.28. The topological polar surface area (TPSA) is 54.2 Å². The third-order valence-corrected chi connectivity index (χ3v) is 2.50. The molecule has 0 radical (unpaired) electrons. The Kier molecular flexibility index (Phi) is 6.14. The van der Waals surface area contributed by atoms with Crippen molar-refractivity contribution in [2.24, 2.45) is 4.99 Å². The molecule has 1 atom stereocenters. The zero-order valence-electron chi connectivity index (χ0n) is 11.0. The molecule has 0 aliphatic heterocycles. The molecule has 96 valence electrons. The molecule has 1 heterocycles. The lowest BCUT2D eigenvalue weighted by atomic mass is 10.3. The monoisotopic (exact) mass is 237 g/mol. The van der Waals surface area contributed by atoms with E-state index in [1.165, 1.54) is 0 Å². The lowest BCUT2D eigenvalue weighted by Gasteiger charge is -2.16. The van der Waals surface area contributed by atoms with E-state index in [9.17, 15) is 0 Å². The van der Waals surface area contributed by atoms with Crippen LogP contribution in [0.4, 0.5) is 0 Å². The Morgan fingerprint density at radius 1 is 1.47 bits per heavy atom. The van der Waals surface area contributed by atoms with Crippen LogP contribution in [0.15, 0.2) is 23.5 Å². The van der Waals surface area contributed by atoms with Gasteiger partial charge >= 0.3 is 0 Å². The van der Waals surface area contributed by atoms with Crippen molar-refractivity contribution < 1.29 is 0 Å². The molecule has 0 fully saturated rings. The molecule has 1 aromatic heterocycles. The fourth-order valence-electron chi connectivity index (χ4n) is 1.35. The molecule has 0 aliphatic carbocycles. The summed E-state index contributed by atoms with van der Waals surface area (Å²) in [7, 11) is 0. The molecule has 0 spiro atoms. The van der Waals surface area contributed by atoms with Gasteiger partial charge in [-0.15, -0.1) is 0 Å². The van der Waals surface area contributed by atoms with Gasteiger partial charge in [0.1, 0.15) is 0 Å². The van der Waals surface area contributed by atoms with Crippen molar-refractivity contribution >= 4 is 5.96 Å². The Hall–Kier alpha value is -1.52. The van der Waals surface area contributed by atoms with Crippen LogP contribution in [-0.2, 0) is 6.54 Å². The predicted molar refractivity (Wildman–Crippen MR) is 71.1 cm³/mol. The number of rotatable bonds is 6. The summed E-state index contributed by atoms with van der Waals surface area (Å²) in [6, 6.07) is 2.37. The number of aliphatic imine (C=N–C) groups is 1. The van der Waals surface area contributed by atoms with Gasteiger partial charge in [0.2, 0.25) is 0 Å². The van der Waals surface area contributed by atoms with Gasteiger partial charge in [-0.1, -0.05) is 6.92 Å². The summed E-state index contributed by atoms with van der Waals surface area (Å²) in [5, 5.41) is 10.7. The first-order valence-corrected chi connectivity index (χ1v) is 6.28. The van der Waals surface area contributed by atoms with Crippen LogP contribution in [-0.4, -0.2) is 34.9 Å². The summed E-state index contributed by atoms with van der Waals surface area (Å²) in [6.07, 6.45) is 4.82. The van der Waals surface area contributed by atoms with Gasteiger partial charge < -0.3 is 10.6 Å². The van der Waals surface area contributed by atoms with Crippen molar-refractivity contribution in [2.75, 3.05) is 13.1 Å². The van der Waals surface area contributed by atoms with Crippen LogP contribution in [0.1, 0.15) is 27.2 Å². The Bertz CT molecular complexity index is 318. The van der Waals surface area contributed by atoms with E-state index in [0.29, 0.717) is 6.04 Å². The highest BCUT2D eigenvalue weighted by Gasteiger charge is 2.01. The minimum Gasteiger partial charge on any atom is -0.357 e. The molecule has 0 bridgehead atoms. The fraction of sp³-hybridized carbons (Fsp3) is 0.667. The minimum absolute atomic E-state index is 0.442. The largest absolute Gasteiger partial charge is 0.357 e. The maximum Gasteiger partial charge on any atom is 0.191 e. The molecular formula is C12H23N5. The van der Waals surface area contributed by atoms with E-state index in [-0.39, 0.29) is 0 Å². The van der Waals surface area contributed by atoms with E-state index < -0.39 is 0 Å². The van der Waals surface area contributed by atoms with Crippen LogP contribution in [0.25, 0.3) is 0 Å². The predicted octanol–water partition coefficient (Wildman–Crippen LogP) is 1.24. The van der Waals surface area contributed by atoms with Gasteiger partial charge in [-0.2, -0.15) is 5.10 Å². The number of nitrogens with one attached hydrogen (secondary N) is 2. The van der Waals surface area contributed by atoms with Crippen LogP contribution in [0.3, 0.4) is 0 Å². The second kappa shape index (κ2) is 7.70. The average molecular weight is 237 g/mol. The number of hydrogen-bond acceptors (Lipinski definition) is 2. The molecular weight excluding hydrogens is 214 g/mol. The van der Waals surface area contributed by atoms with Crippen LogP contribution in [0.5, 0.6) is 0 Å². The fourth-order valence-corrected chi connectivity index (χ4v) is 1.35. The van der Waals surface area contributed by atoms with E-state index in [2.05, 4.69) is 41.5 Å². The highest BCUT2D eigenvalue weighted by atomic mass is 15.3. The third kappa shape index (κ3) is 5.38. The highest BCUT2D eigenvalue weighted by molar-refractivity contribution is 5.79. The third-order valence-electron chi connectivity index (χ3n) is 2.50. The molecule has 5 heteroatoms. The van der Waals surface area contributed by atoms with Gasteiger partial charge in [0.15, 0.2) is 5.96 Å². The number of nitrogens with zero attached hydrogens (tertiary/aromatic N) is 3. The molecule has 0 saturated heterocycles. The van der Waals surface area contributed by atoms with Crippen molar-refractivity contribution in [3.05, 3.63) is 18.5 Å². The van der Waals surface area contributed by atoms with Gasteiger partial charge in [0.05, 0.1) is 13.1 Å². The van der Waals surface area contributed by atoms with Crippen molar-refractivity contribution in [3.63, 3.8) is 0 Å². The zero-order chi connectivity index (χ0) is 12.5. The quantitative estimate of drug-likeness (QED) is 0.578. The van der Waals surface area contributed by atoms with Gasteiger partial charge in [0, 0.05) is 25.0 Å². The van der Waals surface area contributed by atoms with E-state index in [4.69, 9.17) is 0 Å². The summed E-state index contributed by atoms with van der Waals surface area (Å²) < 4.78 is 1.89. The second-order valence-corrected chi connectivity index (χ2v) is 3.98. The van der Waals surface area contributed by atoms with E-state index >= 15 is 0 Å². The molecule has 0 aromatic carbocycles. The lowest BCUT2D eigenvalue weighted by Crippen LogP contribution is -2.42. The SMILES string of the molecule is CCNC(=NCCn1cccn1)NC(C)CC. The van der Waals surface area contributed by atoms with Crippen LogP contribution >= 0.6 is 0 Å². The Morgan fingerprint density at radius 3 is 2.88 bits per heavy atom. The molecule has 0 saturated carbocycles. The first-order chi connectivity index (χ1) is 8.26.